The Bertz CT molecular complexity index is 1620. The van der Waals surface area contributed by atoms with Gasteiger partial charge in [-0.15, -0.1) is 0 Å². The zero-order chi connectivity index (χ0) is 27.4. The number of ether oxygens (including phenoxy) is 6. The SMILES string of the molecule is COc1ccc2c(c1OC)C(=O)OC2C1c2c(cc3c(c2Oc2nnnn2-c2ccccc2)OCO3)CCN1C. The number of hydrogen-bond acceptors (Lipinski definition) is 11. The average Bonchev–Trinajstić information content (AvgIpc) is 3.72. The largest absolute Gasteiger partial charge is 0.493 e. The number of carbonyl (C=O) groups is 1. The first-order chi connectivity index (χ1) is 19.6. The number of para-hydroxylation sites is 1. The molecule has 3 aliphatic heterocycles. The van der Waals surface area contributed by atoms with Gasteiger partial charge in [0.15, 0.2) is 23.0 Å². The van der Waals surface area contributed by atoms with Gasteiger partial charge in [0.25, 0.3) is 0 Å². The van der Waals surface area contributed by atoms with Crippen molar-refractivity contribution in [2.24, 2.45) is 0 Å². The Balaban J connectivity index is 1.39. The number of tetrazole rings is 1. The van der Waals surface area contributed by atoms with Gasteiger partial charge in [0, 0.05) is 17.7 Å². The smallest absolute Gasteiger partial charge is 0.346 e. The lowest BCUT2D eigenvalue weighted by molar-refractivity contribution is 0.00879. The van der Waals surface area contributed by atoms with E-state index in [1.807, 2.05) is 49.5 Å². The van der Waals surface area contributed by atoms with Crippen molar-refractivity contribution < 1.29 is 33.2 Å². The van der Waals surface area contributed by atoms with Gasteiger partial charge in [0.05, 0.1) is 25.9 Å². The number of nitrogens with zero attached hydrogens (tertiary/aromatic N) is 5. The van der Waals surface area contributed by atoms with Gasteiger partial charge >= 0.3 is 12.0 Å². The molecule has 204 valence electrons. The molecule has 0 N–H and O–H groups in total. The molecule has 4 heterocycles. The Hall–Kier alpha value is -4.84. The van der Waals surface area contributed by atoms with Gasteiger partial charge in [0.1, 0.15) is 11.7 Å². The minimum absolute atomic E-state index is 0.0525. The number of carbonyl (C=O) groups excluding carboxylic acids is 1. The Morgan fingerprint density at radius 2 is 1.88 bits per heavy atom. The standard InChI is InChI=1S/C28H25N5O7/c1-32-12-11-15-13-19-25(38-14-37-19)26(40-28-29-30-31-33(28)16-7-5-4-6-8-16)20(15)22(32)23-17-9-10-18(35-2)24(36-3)21(17)27(34)39-23/h4-10,13,22-23H,11-12,14H2,1-3H3. The van der Waals surface area contributed by atoms with E-state index in [2.05, 4.69) is 20.4 Å². The molecule has 0 fully saturated rings. The molecule has 0 radical (unpaired) electrons. The molecule has 0 saturated carbocycles. The summed E-state index contributed by atoms with van der Waals surface area (Å²) in [4.78, 5) is 15.4. The van der Waals surface area contributed by atoms with E-state index in [1.165, 1.54) is 18.9 Å². The highest BCUT2D eigenvalue weighted by Gasteiger charge is 2.46. The molecule has 4 aromatic rings. The number of rotatable bonds is 6. The van der Waals surface area contributed by atoms with Crippen LogP contribution in [0.3, 0.4) is 0 Å². The van der Waals surface area contributed by atoms with Gasteiger partial charge < -0.3 is 28.4 Å². The third-order valence-electron chi connectivity index (χ3n) is 7.49. The van der Waals surface area contributed by atoms with E-state index in [1.54, 1.807) is 6.07 Å². The third-order valence-corrected chi connectivity index (χ3v) is 7.49. The average molecular weight is 544 g/mol. The van der Waals surface area contributed by atoms with Gasteiger partial charge in [-0.25, -0.2) is 4.79 Å². The van der Waals surface area contributed by atoms with Crippen molar-refractivity contribution in [1.29, 1.82) is 0 Å². The quantitative estimate of drug-likeness (QED) is 0.332. The number of methoxy groups -OCH3 is 2. The van der Waals surface area contributed by atoms with E-state index in [4.69, 9.17) is 28.4 Å². The van der Waals surface area contributed by atoms with Crippen molar-refractivity contribution in [3.63, 3.8) is 0 Å². The maximum Gasteiger partial charge on any atom is 0.346 e. The molecular weight excluding hydrogens is 518 g/mol. The fraction of sp³-hybridized carbons (Fsp3) is 0.286. The van der Waals surface area contributed by atoms with Crippen molar-refractivity contribution in [2.45, 2.75) is 18.6 Å². The van der Waals surface area contributed by atoms with Crippen molar-refractivity contribution >= 4 is 5.97 Å². The van der Waals surface area contributed by atoms with Crippen molar-refractivity contribution in [1.82, 2.24) is 25.1 Å². The zero-order valence-corrected chi connectivity index (χ0v) is 22.0. The molecule has 2 unspecified atom stereocenters. The number of benzene rings is 3. The van der Waals surface area contributed by atoms with Crippen LogP contribution in [0.5, 0.6) is 34.8 Å². The Kier molecular flexibility index (Phi) is 5.70. The second-order valence-corrected chi connectivity index (χ2v) is 9.59. The summed E-state index contributed by atoms with van der Waals surface area (Å²) in [5.74, 6) is 1.75. The van der Waals surface area contributed by atoms with Gasteiger partial charge in [-0.2, -0.15) is 4.68 Å². The van der Waals surface area contributed by atoms with Crippen LogP contribution in [0.4, 0.5) is 0 Å². The Labute approximate surface area is 228 Å². The summed E-state index contributed by atoms with van der Waals surface area (Å²) in [6, 6.07) is 14.8. The summed E-state index contributed by atoms with van der Waals surface area (Å²) in [6.45, 7) is 0.770. The summed E-state index contributed by atoms with van der Waals surface area (Å²) < 4.78 is 36.7. The van der Waals surface area contributed by atoms with Crippen LogP contribution in [0.15, 0.2) is 48.5 Å². The second-order valence-electron chi connectivity index (χ2n) is 9.59. The van der Waals surface area contributed by atoms with E-state index >= 15 is 0 Å². The van der Waals surface area contributed by atoms with Gasteiger partial charge in [-0.1, -0.05) is 29.4 Å². The lowest BCUT2D eigenvalue weighted by Gasteiger charge is -2.38. The second kappa shape index (κ2) is 9.42. The van der Waals surface area contributed by atoms with Crippen LogP contribution in [0.25, 0.3) is 5.69 Å². The van der Waals surface area contributed by atoms with Crippen molar-refractivity contribution in [2.75, 3.05) is 34.6 Å². The van der Waals surface area contributed by atoms with Crippen LogP contribution in [0, 0.1) is 0 Å². The van der Waals surface area contributed by atoms with Crippen LogP contribution >= 0.6 is 0 Å². The topological polar surface area (TPSA) is 119 Å². The number of aromatic nitrogens is 4. The molecule has 0 bridgehead atoms. The normalized spacial score (nSPS) is 19.1. The molecule has 7 rings (SSSR count). The Morgan fingerprint density at radius 3 is 2.67 bits per heavy atom. The summed E-state index contributed by atoms with van der Waals surface area (Å²) in [5.41, 5.74) is 3.58. The monoisotopic (exact) mass is 543 g/mol. The van der Waals surface area contributed by atoms with Crippen LogP contribution in [0.2, 0.25) is 0 Å². The molecule has 1 aromatic heterocycles. The molecule has 0 amide bonds. The number of cyclic esters (lactones) is 1. The van der Waals surface area contributed by atoms with Crippen LogP contribution in [-0.4, -0.2) is 65.7 Å². The minimum Gasteiger partial charge on any atom is -0.493 e. The molecule has 3 aliphatic rings. The third kappa shape index (κ3) is 3.63. The predicted molar refractivity (Wildman–Crippen MR) is 139 cm³/mol. The number of fused-ring (bicyclic) bond motifs is 3. The van der Waals surface area contributed by atoms with E-state index in [9.17, 15) is 4.79 Å². The fourth-order valence-corrected chi connectivity index (χ4v) is 5.68. The van der Waals surface area contributed by atoms with Crippen LogP contribution in [0.1, 0.15) is 39.2 Å². The van der Waals surface area contributed by atoms with Crippen LogP contribution < -0.4 is 23.7 Å². The number of esters is 1. The lowest BCUT2D eigenvalue weighted by atomic mass is 9.85. The highest BCUT2D eigenvalue weighted by molar-refractivity contribution is 5.98. The molecule has 40 heavy (non-hydrogen) atoms. The van der Waals surface area contributed by atoms with Gasteiger partial charge in [-0.3, -0.25) is 4.90 Å². The molecule has 0 saturated heterocycles. The molecule has 12 heteroatoms. The maximum absolute atomic E-state index is 13.2. The van der Waals surface area contributed by atoms with Crippen molar-refractivity contribution in [3.05, 3.63) is 70.8 Å². The summed E-state index contributed by atoms with van der Waals surface area (Å²) >= 11 is 0. The summed E-state index contributed by atoms with van der Waals surface area (Å²) in [7, 11) is 5.02. The first-order valence-electron chi connectivity index (χ1n) is 12.7. The lowest BCUT2D eigenvalue weighted by Crippen LogP contribution is -2.36. The van der Waals surface area contributed by atoms with Crippen LogP contribution in [-0.2, 0) is 11.2 Å². The van der Waals surface area contributed by atoms with E-state index in [0.29, 0.717) is 39.9 Å². The molecular formula is C28H25N5O7. The molecule has 2 atom stereocenters. The van der Waals surface area contributed by atoms with Gasteiger partial charge in [-0.05, 0) is 53.7 Å². The highest BCUT2D eigenvalue weighted by Crippen LogP contribution is 2.56. The minimum atomic E-state index is -0.654. The zero-order valence-electron chi connectivity index (χ0n) is 22.0. The Morgan fingerprint density at radius 1 is 1.02 bits per heavy atom. The van der Waals surface area contributed by atoms with E-state index in [-0.39, 0.29) is 12.8 Å². The maximum atomic E-state index is 13.2. The highest BCUT2D eigenvalue weighted by atomic mass is 16.7. The predicted octanol–water partition coefficient (Wildman–Crippen LogP) is 3.64. The molecule has 12 nitrogen and oxygen atoms in total. The summed E-state index contributed by atoms with van der Waals surface area (Å²) in [6.07, 6.45) is 0.0671. The number of hydrogen-bond donors (Lipinski definition) is 0. The van der Waals surface area contributed by atoms with Crippen molar-refractivity contribution in [3.8, 4) is 40.4 Å². The molecule has 0 aliphatic carbocycles. The van der Waals surface area contributed by atoms with E-state index < -0.39 is 18.1 Å². The first kappa shape index (κ1) is 24.2. The first-order valence-corrected chi connectivity index (χ1v) is 12.7. The molecule has 0 spiro atoms. The fourth-order valence-electron chi connectivity index (χ4n) is 5.68. The number of likely N-dealkylation sites (N-methyl/N-ethyl adjacent to an activating group) is 1. The van der Waals surface area contributed by atoms with Gasteiger partial charge in [0.2, 0.25) is 12.5 Å². The summed E-state index contributed by atoms with van der Waals surface area (Å²) in [5, 5.41) is 12.1. The van der Waals surface area contributed by atoms with E-state index in [0.717, 1.165) is 29.8 Å². The molecule has 3 aromatic carbocycles.